The van der Waals surface area contributed by atoms with Crippen molar-refractivity contribution in [1.29, 1.82) is 0 Å². The third-order valence-electron chi connectivity index (χ3n) is 5.33. The highest BCUT2D eigenvalue weighted by atomic mass is 35.5. The summed E-state index contributed by atoms with van der Waals surface area (Å²) in [5, 5.41) is 6.61. The van der Waals surface area contributed by atoms with Gasteiger partial charge in [-0.15, -0.1) is 0 Å². The second-order valence-electron chi connectivity index (χ2n) is 7.59. The Morgan fingerprint density at radius 2 is 1.72 bits per heavy atom. The SMILES string of the molecule is CN1CCN(c2ccc(NC(=O)c3cnn(-c4cccc(Cl)c4)c3C(F)(F)F)cc2)CC1. The zero-order valence-electron chi connectivity index (χ0n) is 17.2. The first-order chi connectivity index (χ1) is 15.2. The molecule has 1 fully saturated rings. The quantitative estimate of drug-likeness (QED) is 0.617. The average molecular weight is 464 g/mol. The summed E-state index contributed by atoms with van der Waals surface area (Å²) in [4.78, 5) is 17.2. The van der Waals surface area contributed by atoms with E-state index in [4.69, 9.17) is 11.6 Å². The Morgan fingerprint density at radius 1 is 1.03 bits per heavy atom. The predicted octanol–water partition coefficient (Wildman–Crippen LogP) is 4.55. The van der Waals surface area contributed by atoms with E-state index in [1.54, 1.807) is 18.2 Å². The van der Waals surface area contributed by atoms with Crippen molar-refractivity contribution in [3.05, 3.63) is 71.0 Å². The van der Waals surface area contributed by atoms with Crippen LogP contribution in [-0.4, -0.2) is 53.8 Å². The summed E-state index contributed by atoms with van der Waals surface area (Å²) in [6, 6.07) is 12.9. The normalized spacial score (nSPS) is 15.1. The third kappa shape index (κ3) is 4.73. The number of nitrogens with zero attached hydrogens (tertiary/aromatic N) is 4. The molecule has 32 heavy (non-hydrogen) atoms. The van der Waals surface area contributed by atoms with Gasteiger partial charge in [0.15, 0.2) is 5.69 Å². The fraction of sp³-hybridized carbons (Fsp3) is 0.273. The zero-order chi connectivity index (χ0) is 22.9. The molecule has 0 atom stereocenters. The first-order valence-electron chi connectivity index (χ1n) is 9.98. The number of amides is 1. The molecule has 0 spiro atoms. The largest absolute Gasteiger partial charge is 0.434 e. The summed E-state index contributed by atoms with van der Waals surface area (Å²) in [5.74, 6) is -0.891. The van der Waals surface area contributed by atoms with Crippen LogP contribution in [0.15, 0.2) is 54.7 Å². The third-order valence-corrected chi connectivity index (χ3v) is 5.56. The van der Waals surface area contributed by atoms with Crippen LogP contribution in [-0.2, 0) is 6.18 Å². The number of benzene rings is 2. The fourth-order valence-electron chi connectivity index (χ4n) is 3.61. The van der Waals surface area contributed by atoms with Crippen LogP contribution in [0.25, 0.3) is 5.69 Å². The van der Waals surface area contributed by atoms with Crippen molar-refractivity contribution < 1.29 is 18.0 Å². The van der Waals surface area contributed by atoms with E-state index in [0.717, 1.165) is 38.1 Å². The Kier molecular flexibility index (Phi) is 6.12. The van der Waals surface area contributed by atoms with Crippen molar-refractivity contribution in [2.75, 3.05) is 43.4 Å². The second-order valence-corrected chi connectivity index (χ2v) is 8.02. The Balaban J connectivity index is 1.56. The molecule has 1 aliphatic heterocycles. The minimum atomic E-state index is -4.79. The molecule has 2 aromatic carbocycles. The number of nitrogens with one attached hydrogen (secondary N) is 1. The molecule has 6 nitrogen and oxygen atoms in total. The van der Waals surface area contributed by atoms with Gasteiger partial charge in [0.05, 0.1) is 17.4 Å². The van der Waals surface area contributed by atoms with Gasteiger partial charge < -0.3 is 15.1 Å². The minimum Gasteiger partial charge on any atom is -0.369 e. The summed E-state index contributed by atoms with van der Waals surface area (Å²) in [6.07, 6.45) is -3.88. The predicted molar refractivity (Wildman–Crippen MR) is 118 cm³/mol. The summed E-state index contributed by atoms with van der Waals surface area (Å²) < 4.78 is 42.2. The molecule has 0 aliphatic carbocycles. The Morgan fingerprint density at radius 3 is 2.34 bits per heavy atom. The van der Waals surface area contributed by atoms with Gasteiger partial charge in [0.25, 0.3) is 5.91 Å². The highest BCUT2D eigenvalue weighted by Crippen LogP contribution is 2.34. The highest BCUT2D eigenvalue weighted by molar-refractivity contribution is 6.30. The molecular formula is C22H21ClF3N5O. The smallest absolute Gasteiger partial charge is 0.369 e. The Hall–Kier alpha value is -3.04. The maximum atomic E-state index is 13.8. The van der Waals surface area contributed by atoms with E-state index in [9.17, 15) is 18.0 Å². The number of alkyl halides is 3. The van der Waals surface area contributed by atoms with Gasteiger partial charge in [-0.3, -0.25) is 4.79 Å². The van der Waals surface area contributed by atoms with Gasteiger partial charge >= 0.3 is 6.18 Å². The zero-order valence-corrected chi connectivity index (χ0v) is 18.0. The number of carbonyl (C=O) groups is 1. The lowest BCUT2D eigenvalue weighted by atomic mass is 10.2. The van der Waals surface area contributed by atoms with Gasteiger partial charge in [0.2, 0.25) is 0 Å². The van der Waals surface area contributed by atoms with E-state index in [2.05, 4.69) is 27.3 Å². The van der Waals surface area contributed by atoms with E-state index in [1.807, 2.05) is 12.1 Å². The van der Waals surface area contributed by atoms with Gasteiger partial charge in [-0.1, -0.05) is 17.7 Å². The molecule has 1 aromatic heterocycles. The molecule has 1 amide bonds. The lowest BCUT2D eigenvalue weighted by Crippen LogP contribution is -2.44. The average Bonchev–Trinajstić information content (AvgIpc) is 3.21. The highest BCUT2D eigenvalue weighted by Gasteiger charge is 2.40. The molecule has 1 N–H and O–H groups in total. The monoisotopic (exact) mass is 463 g/mol. The summed E-state index contributed by atoms with van der Waals surface area (Å²) in [7, 11) is 2.07. The molecule has 0 unspecified atom stereocenters. The summed E-state index contributed by atoms with van der Waals surface area (Å²) in [5.41, 5.74) is -0.218. The number of likely N-dealkylation sites (N-methyl/N-ethyl adjacent to an activating group) is 1. The summed E-state index contributed by atoms with van der Waals surface area (Å²) >= 11 is 5.91. The van der Waals surface area contributed by atoms with Crippen LogP contribution in [0.4, 0.5) is 24.5 Å². The molecule has 1 aliphatic rings. The maximum Gasteiger partial charge on any atom is 0.434 e. The molecule has 0 radical (unpaired) electrons. The lowest BCUT2D eigenvalue weighted by molar-refractivity contribution is -0.143. The number of aromatic nitrogens is 2. The van der Waals surface area contributed by atoms with Crippen LogP contribution < -0.4 is 10.2 Å². The van der Waals surface area contributed by atoms with Crippen LogP contribution in [0, 0.1) is 0 Å². The van der Waals surface area contributed by atoms with E-state index >= 15 is 0 Å². The lowest BCUT2D eigenvalue weighted by Gasteiger charge is -2.34. The van der Waals surface area contributed by atoms with Crippen LogP contribution in [0.2, 0.25) is 5.02 Å². The number of piperazine rings is 1. The molecule has 10 heteroatoms. The Labute approximate surface area is 188 Å². The van der Waals surface area contributed by atoms with Crippen LogP contribution in [0.5, 0.6) is 0 Å². The molecule has 168 valence electrons. The topological polar surface area (TPSA) is 53.4 Å². The van der Waals surface area contributed by atoms with E-state index < -0.39 is 23.3 Å². The first-order valence-corrected chi connectivity index (χ1v) is 10.4. The summed E-state index contributed by atoms with van der Waals surface area (Å²) in [6.45, 7) is 3.68. The first kappa shape index (κ1) is 22.2. The van der Waals surface area contributed by atoms with Crippen molar-refractivity contribution in [3.8, 4) is 5.69 Å². The number of hydrogen-bond acceptors (Lipinski definition) is 4. The van der Waals surface area contributed by atoms with Crippen LogP contribution >= 0.6 is 11.6 Å². The van der Waals surface area contributed by atoms with Gasteiger partial charge in [0.1, 0.15) is 0 Å². The Bertz CT molecular complexity index is 1110. The number of carbonyl (C=O) groups excluding carboxylic acids is 1. The number of anilines is 2. The van der Waals surface area contributed by atoms with Gasteiger partial charge in [0, 0.05) is 42.6 Å². The van der Waals surface area contributed by atoms with Crippen molar-refractivity contribution in [3.63, 3.8) is 0 Å². The van der Waals surface area contributed by atoms with Crippen molar-refractivity contribution in [2.24, 2.45) is 0 Å². The van der Waals surface area contributed by atoms with Crippen molar-refractivity contribution in [2.45, 2.75) is 6.18 Å². The fourth-order valence-corrected chi connectivity index (χ4v) is 3.79. The van der Waals surface area contributed by atoms with E-state index in [1.165, 1.54) is 18.2 Å². The molecule has 3 aromatic rings. The molecule has 1 saturated heterocycles. The van der Waals surface area contributed by atoms with Crippen molar-refractivity contribution in [1.82, 2.24) is 14.7 Å². The van der Waals surface area contributed by atoms with Gasteiger partial charge in [-0.05, 0) is 49.5 Å². The number of halogens is 4. The second kappa shape index (κ2) is 8.84. The molecule has 2 heterocycles. The molecular weight excluding hydrogens is 443 g/mol. The van der Waals surface area contributed by atoms with Crippen LogP contribution in [0.1, 0.15) is 16.1 Å². The van der Waals surface area contributed by atoms with E-state index in [-0.39, 0.29) is 10.7 Å². The minimum absolute atomic E-state index is 0.111. The standard InChI is InChI=1S/C22H21ClF3N5O/c1-29-9-11-30(12-10-29)17-7-5-16(6-8-17)28-21(32)19-14-27-31(20(19)22(24,25)26)18-4-2-3-15(23)13-18/h2-8,13-14H,9-12H2,1H3,(H,28,32). The van der Waals surface area contributed by atoms with Gasteiger partial charge in [-0.25, -0.2) is 4.68 Å². The molecule has 4 rings (SSSR count). The van der Waals surface area contributed by atoms with Gasteiger partial charge in [-0.2, -0.15) is 18.3 Å². The van der Waals surface area contributed by atoms with Crippen molar-refractivity contribution >= 4 is 28.9 Å². The molecule has 0 bridgehead atoms. The van der Waals surface area contributed by atoms with Crippen LogP contribution in [0.3, 0.4) is 0 Å². The van der Waals surface area contributed by atoms with E-state index in [0.29, 0.717) is 10.4 Å². The number of hydrogen-bond donors (Lipinski definition) is 1. The maximum absolute atomic E-state index is 13.8. The number of rotatable bonds is 4. The molecule has 0 saturated carbocycles.